The van der Waals surface area contributed by atoms with Gasteiger partial charge in [0, 0.05) is 12.0 Å². The number of fused-ring (bicyclic) bond motifs is 2. The molecular formula is C22H25NO5. The third kappa shape index (κ3) is 3.86. The molecule has 0 bridgehead atoms. The lowest BCUT2D eigenvalue weighted by atomic mass is 10.0. The molecule has 0 saturated carbocycles. The number of ether oxygens (including phenoxy) is 4. The summed E-state index contributed by atoms with van der Waals surface area (Å²) in [4.78, 5) is 12.4. The van der Waals surface area contributed by atoms with Gasteiger partial charge in [-0.05, 0) is 44.5 Å². The van der Waals surface area contributed by atoms with Gasteiger partial charge in [-0.2, -0.15) is 0 Å². The van der Waals surface area contributed by atoms with E-state index in [0.717, 1.165) is 29.0 Å². The predicted molar refractivity (Wildman–Crippen MR) is 104 cm³/mol. The lowest BCUT2D eigenvalue weighted by Crippen LogP contribution is -2.31. The molecule has 2 heterocycles. The van der Waals surface area contributed by atoms with Crippen LogP contribution < -0.4 is 24.3 Å². The van der Waals surface area contributed by atoms with Gasteiger partial charge < -0.3 is 24.3 Å². The van der Waals surface area contributed by atoms with E-state index in [1.54, 1.807) is 0 Å². The first-order chi connectivity index (χ1) is 13.4. The van der Waals surface area contributed by atoms with Crippen LogP contribution >= 0.6 is 0 Å². The van der Waals surface area contributed by atoms with E-state index in [2.05, 4.69) is 5.32 Å². The van der Waals surface area contributed by atoms with Crippen molar-refractivity contribution in [2.45, 2.75) is 38.8 Å². The molecule has 2 aromatic carbocycles. The van der Waals surface area contributed by atoms with E-state index >= 15 is 0 Å². The second-order valence-electron chi connectivity index (χ2n) is 7.76. The van der Waals surface area contributed by atoms with Crippen LogP contribution in [0, 0.1) is 0 Å². The van der Waals surface area contributed by atoms with E-state index < -0.39 is 0 Å². The summed E-state index contributed by atoms with van der Waals surface area (Å²) in [5.41, 5.74) is 1.80. The Bertz CT molecular complexity index is 892. The topological polar surface area (TPSA) is 66.0 Å². The van der Waals surface area contributed by atoms with Gasteiger partial charge in [0.2, 0.25) is 0 Å². The van der Waals surface area contributed by atoms with Crippen molar-refractivity contribution in [1.82, 2.24) is 5.32 Å². The van der Waals surface area contributed by atoms with Crippen molar-refractivity contribution in [3.05, 3.63) is 47.5 Å². The molecule has 0 aromatic heterocycles. The molecule has 0 saturated heterocycles. The monoisotopic (exact) mass is 383 g/mol. The number of hydrogen-bond acceptors (Lipinski definition) is 5. The maximum absolute atomic E-state index is 12.4. The molecule has 1 amide bonds. The SMILES string of the molecule is C[C@@H](NC(=O)COc1cccc2c1OC(C)(C)C2)c1ccc2c(c1)OCCO2. The maximum Gasteiger partial charge on any atom is 0.258 e. The number of para-hydroxylation sites is 1. The summed E-state index contributed by atoms with van der Waals surface area (Å²) >= 11 is 0. The van der Waals surface area contributed by atoms with Gasteiger partial charge in [0.1, 0.15) is 18.8 Å². The summed E-state index contributed by atoms with van der Waals surface area (Å²) in [5.74, 6) is 2.58. The first kappa shape index (κ1) is 18.5. The number of amides is 1. The first-order valence-electron chi connectivity index (χ1n) is 9.54. The molecule has 1 N–H and O–H groups in total. The van der Waals surface area contributed by atoms with Crippen molar-refractivity contribution in [3.8, 4) is 23.0 Å². The minimum absolute atomic E-state index is 0.0743. The number of nitrogens with one attached hydrogen (secondary N) is 1. The molecule has 6 heteroatoms. The van der Waals surface area contributed by atoms with Crippen LogP contribution in [0.2, 0.25) is 0 Å². The largest absolute Gasteiger partial charge is 0.486 e. The molecule has 4 rings (SSSR count). The van der Waals surface area contributed by atoms with E-state index in [9.17, 15) is 4.79 Å². The van der Waals surface area contributed by atoms with E-state index in [4.69, 9.17) is 18.9 Å². The predicted octanol–water partition coefficient (Wildman–Crippen LogP) is 3.43. The van der Waals surface area contributed by atoms with Crippen molar-refractivity contribution in [2.75, 3.05) is 19.8 Å². The van der Waals surface area contributed by atoms with Crippen LogP contribution in [0.15, 0.2) is 36.4 Å². The third-order valence-electron chi connectivity index (χ3n) is 4.86. The minimum Gasteiger partial charge on any atom is -0.486 e. The molecule has 0 radical (unpaired) electrons. The second kappa shape index (κ2) is 7.26. The fourth-order valence-electron chi connectivity index (χ4n) is 3.54. The first-order valence-corrected chi connectivity index (χ1v) is 9.54. The molecular weight excluding hydrogens is 358 g/mol. The molecule has 0 spiro atoms. The summed E-state index contributed by atoms with van der Waals surface area (Å²) in [6, 6.07) is 11.3. The summed E-state index contributed by atoms with van der Waals surface area (Å²) < 4.78 is 22.9. The molecule has 148 valence electrons. The van der Waals surface area contributed by atoms with Crippen LogP contribution in [-0.2, 0) is 11.2 Å². The van der Waals surface area contributed by atoms with Crippen molar-refractivity contribution in [2.24, 2.45) is 0 Å². The second-order valence-corrected chi connectivity index (χ2v) is 7.76. The zero-order chi connectivity index (χ0) is 19.7. The van der Waals surface area contributed by atoms with E-state index in [1.165, 1.54) is 0 Å². The number of rotatable bonds is 5. The molecule has 28 heavy (non-hydrogen) atoms. The average Bonchev–Trinajstić information content (AvgIpc) is 3.00. The van der Waals surface area contributed by atoms with E-state index in [-0.39, 0.29) is 24.2 Å². The highest BCUT2D eigenvalue weighted by molar-refractivity contribution is 5.78. The number of benzene rings is 2. The van der Waals surface area contributed by atoms with Crippen molar-refractivity contribution < 1.29 is 23.7 Å². The molecule has 0 aliphatic carbocycles. The highest BCUT2D eigenvalue weighted by atomic mass is 16.6. The summed E-state index contributed by atoms with van der Waals surface area (Å²) in [7, 11) is 0. The van der Waals surface area contributed by atoms with Gasteiger partial charge in [-0.25, -0.2) is 0 Å². The molecule has 2 aliphatic rings. The van der Waals surface area contributed by atoms with Crippen molar-refractivity contribution >= 4 is 5.91 Å². The Balaban J connectivity index is 1.36. The van der Waals surface area contributed by atoms with Gasteiger partial charge in [-0.3, -0.25) is 4.79 Å². The molecule has 6 nitrogen and oxygen atoms in total. The normalized spacial score (nSPS) is 17.2. The van der Waals surface area contributed by atoms with Gasteiger partial charge in [-0.1, -0.05) is 18.2 Å². The van der Waals surface area contributed by atoms with Crippen LogP contribution in [0.4, 0.5) is 0 Å². The van der Waals surface area contributed by atoms with Crippen LogP contribution in [0.3, 0.4) is 0 Å². The van der Waals surface area contributed by atoms with E-state index in [0.29, 0.717) is 24.7 Å². The fourth-order valence-corrected chi connectivity index (χ4v) is 3.54. The van der Waals surface area contributed by atoms with Gasteiger partial charge in [-0.15, -0.1) is 0 Å². The fraction of sp³-hybridized carbons (Fsp3) is 0.409. The Morgan fingerprint density at radius 3 is 2.79 bits per heavy atom. The Morgan fingerprint density at radius 1 is 1.18 bits per heavy atom. The van der Waals surface area contributed by atoms with Crippen LogP contribution in [0.25, 0.3) is 0 Å². The molecule has 2 aliphatic heterocycles. The number of carbonyl (C=O) groups excluding carboxylic acids is 1. The van der Waals surface area contributed by atoms with Crippen LogP contribution in [0.5, 0.6) is 23.0 Å². The van der Waals surface area contributed by atoms with Gasteiger partial charge >= 0.3 is 0 Å². The standard InChI is InChI=1S/C22H25NO5/c1-14(15-7-8-17-19(11-15)26-10-9-25-17)23-20(24)13-27-18-6-4-5-16-12-22(2,3)28-21(16)18/h4-8,11,14H,9-10,12-13H2,1-3H3,(H,23,24)/t14-/m1/s1. The van der Waals surface area contributed by atoms with Gasteiger partial charge in [0.25, 0.3) is 5.91 Å². The smallest absolute Gasteiger partial charge is 0.258 e. The van der Waals surface area contributed by atoms with Crippen LogP contribution in [0.1, 0.15) is 37.9 Å². The minimum atomic E-state index is -0.253. The average molecular weight is 383 g/mol. The van der Waals surface area contributed by atoms with Crippen molar-refractivity contribution in [3.63, 3.8) is 0 Å². The quantitative estimate of drug-likeness (QED) is 0.857. The Hall–Kier alpha value is -2.89. The zero-order valence-electron chi connectivity index (χ0n) is 16.4. The summed E-state index contributed by atoms with van der Waals surface area (Å²) in [6.07, 6.45) is 0.826. The maximum atomic E-state index is 12.4. The number of carbonyl (C=O) groups is 1. The van der Waals surface area contributed by atoms with Crippen LogP contribution in [-0.4, -0.2) is 31.3 Å². The summed E-state index contributed by atoms with van der Waals surface area (Å²) in [6.45, 7) is 7.02. The Labute approximate surface area is 164 Å². The lowest BCUT2D eigenvalue weighted by Gasteiger charge is -2.21. The zero-order valence-corrected chi connectivity index (χ0v) is 16.4. The highest BCUT2D eigenvalue weighted by Crippen LogP contribution is 2.41. The van der Waals surface area contributed by atoms with Gasteiger partial charge in [0.15, 0.2) is 29.6 Å². The molecule has 2 aromatic rings. The van der Waals surface area contributed by atoms with Gasteiger partial charge in [0.05, 0.1) is 6.04 Å². The molecule has 1 atom stereocenters. The molecule has 0 unspecified atom stereocenters. The lowest BCUT2D eigenvalue weighted by molar-refractivity contribution is -0.123. The highest BCUT2D eigenvalue weighted by Gasteiger charge is 2.32. The van der Waals surface area contributed by atoms with E-state index in [1.807, 2.05) is 57.2 Å². The Morgan fingerprint density at radius 2 is 1.96 bits per heavy atom. The molecule has 0 fully saturated rings. The Kier molecular flexibility index (Phi) is 4.79. The third-order valence-corrected chi connectivity index (χ3v) is 4.86. The summed E-state index contributed by atoms with van der Waals surface area (Å²) in [5, 5.41) is 2.96. The number of hydrogen-bond donors (Lipinski definition) is 1. The van der Waals surface area contributed by atoms with Crippen molar-refractivity contribution in [1.29, 1.82) is 0 Å².